The molecular formula is C12H14BrNO4. The van der Waals surface area contributed by atoms with Crippen LogP contribution in [0.5, 0.6) is 0 Å². The van der Waals surface area contributed by atoms with Crippen LogP contribution in [0.4, 0.5) is 5.69 Å². The second-order valence-corrected chi connectivity index (χ2v) is 4.41. The molecule has 0 amide bonds. The molecule has 0 bridgehead atoms. The minimum absolute atomic E-state index is 0.0264. The van der Waals surface area contributed by atoms with Crippen LogP contribution < -0.4 is 0 Å². The maximum absolute atomic E-state index is 11.5. The molecule has 98 valence electrons. The minimum atomic E-state index is -0.535. The van der Waals surface area contributed by atoms with Gasteiger partial charge in [0.15, 0.2) is 0 Å². The zero-order valence-electron chi connectivity index (χ0n) is 10.0. The summed E-state index contributed by atoms with van der Waals surface area (Å²) in [6.07, 6.45) is 1.41. The summed E-state index contributed by atoms with van der Waals surface area (Å²) in [7, 11) is 0. The van der Waals surface area contributed by atoms with Gasteiger partial charge in [-0.05, 0) is 25.8 Å². The van der Waals surface area contributed by atoms with Crippen LogP contribution in [0.25, 0.3) is 0 Å². The summed E-state index contributed by atoms with van der Waals surface area (Å²) in [6, 6.07) is 4.46. The third-order valence-electron chi connectivity index (χ3n) is 2.37. The second kappa shape index (κ2) is 7.10. The zero-order valence-corrected chi connectivity index (χ0v) is 11.6. The molecule has 0 radical (unpaired) electrons. The standard InChI is InChI=1S/C12H14BrNO4/c1-2-18-12(15)10-6-5-9(4-3-7-13)11(8-10)14(16)17/h5-6,8H,2-4,7H2,1H3. The van der Waals surface area contributed by atoms with Crippen molar-refractivity contribution in [3.05, 3.63) is 39.4 Å². The molecule has 0 saturated carbocycles. The SMILES string of the molecule is CCOC(=O)c1ccc(CCCBr)c([N+](=O)[O-])c1. The second-order valence-electron chi connectivity index (χ2n) is 3.61. The molecule has 1 aromatic rings. The maximum Gasteiger partial charge on any atom is 0.338 e. The number of carbonyl (C=O) groups is 1. The number of halogens is 1. The van der Waals surface area contributed by atoms with Crippen molar-refractivity contribution >= 4 is 27.6 Å². The molecule has 0 saturated heterocycles. The Morgan fingerprint density at radius 3 is 2.78 bits per heavy atom. The van der Waals surface area contributed by atoms with Gasteiger partial charge in [0.05, 0.1) is 17.1 Å². The Balaban J connectivity index is 3.03. The molecule has 1 aromatic carbocycles. The quantitative estimate of drug-likeness (QED) is 0.350. The molecule has 0 spiro atoms. The van der Waals surface area contributed by atoms with Gasteiger partial charge >= 0.3 is 5.97 Å². The lowest BCUT2D eigenvalue weighted by atomic mass is 10.1. The van der Waals surface area contributed by atoms with E-state index in [0.29, 0.717) is 12.0 Å². The highest BCUT2D eigenvalue weighted by molar-refractivity contribution is 9.09. The van der Waals surface area contributed by atoms with Crippen LogP contribution in [0.15, 0.2) is 18.2 Å². The van der Waals surface area contributed by atoms with Gasteiger partial charge in [-0.25, -0.2) is 4.79 Å². The first-order valence-electron chi connectivity index (χ1n) is 5.60. The largest absolute Gasteiger partial charge is 0.462 e. The molecule has 5 nitrogen and oxygen atoms in total. The summed E-state index contributed by atoms with van der Waals surface area (Å²) < 4.78 is 4.81. The van der Waals surface area contributed by atoms with E-state index < -0.39 is 10.9 Å². The first-order valence-corrected chi connectivity index (χ1v) is 6.72. The number of nitro groups is 1. The van der Waals surface area contributed by atoms with Crippen molar-refractivity contribution in [2.45, 2.75) is 19.8 Å². The summed E-state index contributed by atoms with van der Waals surface area (Å²) in [5.41, 5.74) is 0.820. The number of alkyl halides is 1. The zero-order chi connectivity index (χ0) is 13.5. The number of ether oxygens (including phenoxy) is 1. The number of esters is 1. The average molecular weight is 316 g/mol. The predicted octanol–water partition coefficient (Wildman–Crippen LogP) is 3.10. The number of nitro benzene ring substituents is 1. The van der Waals surface area contributed by atoms with Crippen LogP contribution in [0.1, 0.15) is 29.3 Å². The fourth-order valence-electron chi connectivity index (χ4n) is 1.54. The number of rotatable bonds is 6. The highest BCUT2D eigenvalue weighted by atomic mass is 79.9. The van der Waals surface area contributed by atoms with Crippen LogP contribution >= 0.6 is 15.9 Å². The normalized spacial score (nSPS) is 10.1. The fourth-order valence-corrected chi connectivity index (χ4v) is 1.82. The van der Waals surface area contributed by atoms with Gasteiger partial charge in [0.25, 0.3) is 5.69 Å². The van der Waals surface area contributed by atoms with E-state index in [0.717, 1.165) is 11.8 Å². The van der Waals surface area contributed by atoms with Crippen LogP contribution in [-0.2, 0) is 11.2 Å². The Kier molecular flexibility index (Phi) is 5.77. The first kappa shape index (κ1) is 14.6. The number of benzene rings is 1. The van der Waals surface area contributed by atoms with E-state index in [1.807, 2.05) is 0 Å². The van der Waals surface area contributed by atoms with Crippen LogP contribution in [-0.4, -0.2) is 22.8 Å². The average Bonchev–Trinajstić information content (AvgIpc) is 2.36. The van der Waals surface area contributed by atoms with E-state index in [1.54, 1.807) is 19.1 Å². The molecule has 0 N–H and O–H groups in total. The molecule has 0 atom stereocenters. The summed E-state index contributed by atoms with van der Waals surface area (Å²) >= 11 is 3.28. The Labute approximate surface area is 113 Å². The molecule has 18 heavy (non-hydrogen) atoms. The highest BCUT2D eigenvalue weighted by Gasteiger charge is 2.17. The topological polar surface area (TPSA) is 69.4 Å². The van der Waals surface area contributed by atoms with Crippen molar-refractivity contribution in [1.82, 2.24) is 0 Å². The Hall–Kier alpha value is -1.43. The summed E-state index contributed by atoms with van der Waals surface area (Å²) in [6.45, 7) is 1.94. The molecule has 1 rings (SSSR count). The third kappa shape index (κ3) is 3.80. The fraction of sp³-hybridized carbons (Fsp3) is 0.417. The monoisotopic (exact) mass is 315 g/mol. The van der Waals surface area contributed by atoms with E-state index in [9.17, 15) is 14.9 Å². The number of carbonyl (C=O) groups excluding carboxylic acids is 1. The summed E-state index contributed by atoms with van der Waals surface area (Å²) in [5, 5.41) is 11.7. The number of hydrogen-bond donors (Lipinski definition) is 0. The van der Waals surface area contributed by atoms with Gasteiger partial charge in [-0.2, -0.15) is 0 Å². The lowest BCUT2D eigenvalue weighted by Gasteiger charge is -2.05. The van der Waals surface area contributed by atoms with E-state index >= 15 is 0 Å². The van der Waals surface area contributed by atoms with Crippen LogP contribution in [0.3, 0.4) is 0 Å². The molecule has 0 heterocycles. The number of aryl methyl sites for hydroxylation is 1. The lowest BCUT2D eigenvalue weighted by Crippen LogP contribution is -2.06. The van der Waals surface area contributed by atoms with E-state index in [4.69, 9.17) is 4.74 Å². The summed E-state index contributed by atoms with van der Waals surface area (Å²) in [5.74, 6) is -0.535. The minimum Gasteiger partial charge on any atom is -0.462 e. The van der Waals surface area contributed by atoms with Crippen molar-refractivity contribution in [2.75, 3.05) is 11.9 Å². The first-order chi connectivity index (χ1) is 8.60. The van der Waals surface area contributed by atoms with Crippen LogP contribution in [0.2, 0.25) is 0 Å². The number of hydrogen-bond acceptors (Lipinski definition) is 4. The maximum atomic E-state index is 11.5. The smallest absolute Gasteiger partial charge is 0.338 e. The predicted molar refractivity (Wildman–Crippen MR) is 71.2 cm³/mol. The summed E-state index contributed by atoms with van der Waals surface area (Å²) in [4.78, 5) is 22.0. The van der Waals surface area contributed by atoms with E-state index in [2.05, 4.69) is 15.9 Å². The Morgan fingerprint density at radius 2 is 2.22 bits per heavy atom. The van der Waals surface area contributed by atoms with Crippen molar-refractivity contribution < 1.29 is 14.5 Å². The van der Waals surface area contributed by atoms with E-state index in [1.165, 1.54) is 6.07 Å². The lowest BCUT2D eigenvalue weighted by molar-refractivity contribution is -0.385. The van der Waals surface area contributed by atoms with Crippen LogP contribution in [0, 0.1) is 10.1 Å². The Morgan fingerprint density at radius 1 is 1.50 bits per heavy atom. The third-order valence-corrected chi connectivity index (χ3v) is 2.93. The van der Waals surface area contributed by atoms with Crippen molar-refractivity contribution in [3.8, 4) is 0 Å². The molecule has 0 unspecified atom stereocenters. The number of nitrogens with zero attached hydrogens (tertiary/aromatic N) is 1. The van der Waals surface area contributed by atoms with Gasteiger partial charge in [0, 0.05) is 17.0 Å². The molecule has 0 aliphatic carbocycles. The molecular weight excluding hydrogens is 302 g/mol. The molecule has 0 aliphatic heterocycles. The van der Waals surface area contributed by atoms with Gasteiger partial charge in [-0.3, -0.25) is 10.1 Å². The van der Waals surface area contributed by atoms with Gasteiger partial charge in [0.2, 0.25) is 0 Å². The van der Waals surface area contributed by atoms with Gasteiger partial charge in [-0.15, -0.1) is 0 Å². The molecule has 6 heteroatoms. The molecule has 0 aliphatic rings. The highest BCUT2D eigenvalue weighted by Crippen LogP contribution is 2.22. The van der Waals surface area contributed by atoms with E-state index in [-0.39, 0.29) is 17.9 Å². The van der Waals surface area contributed by atoms with Crippen molar-refractivity contribution in [1.29, 1.82) is 0 Å². The van der Waals surface area contributed by atoms with Crippen molar-refractivity contribution in [3.63, 3.8) is 0 Å². The van der Waals surface area contributed by atoms with Crippen molar-refractivity contribution in [2.24, 2.45) is 0 Å². The van der Waals surface area contributed by atoms with Gasteiger partial charge in [0.1, 0.15) is 0 Å². The van der Waals surface area contributed by atoms with Gasteiger partial charge < -0.3 is 4.74 Å². The molecule has 0 aromatic heterocycles. The molecule has 0 fully saturated rings. The van der Waals surface area contributed by atoms with Gasteiger partial charge in [-0.1, -0.05) is 22.0 Å². The Bertz CT molecular complexity index is 448.